The molecule has 0 fully saturated rings. The molecule has 0 bridgehead atoms. The summed E-state index contributed by atoms with van der Waals surface area (Å²) in [6.45, 7) is 4.63. The molecular weight excluding hydrogens is 516 g/mol. The largest absolute Gasteiger partial charge is 0.493 e. The Hall–Kier alpha value is -2.52. The van der Waals surface area contributed by atoms with E-state index in [9.17, 15) is 4.79 Å². The average molecular weight is 546 g/mol. The van der Waals surface area contributed by atoms with Crippen molar-refractivity contribution in [3.05, 3.63) is 57.0 Å². The lowest BCUT2D eigenvalue weighted by molar-refractivity contribution is -0.116. The zero-order chi connectivity index (χ0) is 24.1. The molecule has 1 N–H and O–H groups in total. The lowest BCUT2D eigenvalue weighted by Crippen LogP contribution is -2.50. The number of para-hydroxylation sites is 1. The molecule has 7 nitrogen and oxygen atoms in total. The van der Waals surface area contributed by atoms with Crippen LogP contribution in [0.5, 0.6) is 11.5 Å². The molecule has 0 spiro atoms. The summed E-state index contributed by atoms with van der Waals surface area (Å²) in [6, 6.07) is 11.4. The normalized spacial score (nSPS) is 16.8. The zero-order valence-corrected chi connectivity index (χ0v) is 22.0. The first-order valence-electron chi connectivity index (χ1n) is 11.6. The Morgan fingerprint density at radius 2 is 1.97 bits per heavy atom. The molecule has 0 unspecified atom stereocenters. The predicted molar refractivity (Wildman–Crippen MR) is 139 cm³/mol. The minimum atomic E-state index is -0.536. The molecule has 34 heavy (non-hydrogen) atoms. The van der Waals surface area contributed by atoms with E-state index < -0.39 is 6.17 Å². The summed E-state index contributed by atoms with van der Waals surface area (Å²) >= 11 is 5.25. The number of amides is 1. The van der Waals surface area contributed by atoms with Crippen molar-refractivity contribution in [2.75, 3.05) is 19.5 Å². The highest BCUT2D eigenvalue weighted by Gasteiger charge is 2.35. The fourth-order valence-corrected chi connectivity index (χ4v) is 5.35. The van der Waals surface area contributed by atoms with Crippen LogP contribution in [0.25, 0.3) is 5.70 Å². The highest BCUT2D eigenvalue weighted by atomic mass is 79.9. The van der Waals surface area contributed by atoms with Gasteiger partial charge in [0, 0.05) is 21.0 Å². The summed E-state index contributed by atoms with van der Waals surface area (Å²) in [5.74, 6) is 1.98. The van der Waals surface area contributed by atoms with Crippen LogP contribution in [-0.2, 0) is 4.79 Å². The molecule has 9 heteroatoms. The fourth-order valence-electron chi connectivity index (χ4n) is 3.97. The number of benzene rings is 2. The van der Waals surface area contributed by atoms with Crippen molar-refractivity contribution in [1.82, 2.24) is 10.3 Å². The predicted octanol–water partition coefficient (Wildman–Crippen LogP) is 4.31. The molecule has 0 saturated carbocycles. The number of halogens is 1. The van der Waals surface area contributed by atoms with Crippen molar-refractivity contribution in [3.8, 4) is 11.5 Å². The average Bonchev–Trinajstić information content (AvgIpc) is 2.84. The molecule has 1 atom stereocenters. The molecule has 2 aromatic carbocycles. The summed E-state index contributed by atoms with van der Waals surface area (Å²) in [5, 5.41) is 11.7. The first-order chi connectivity index (χ1) is 16.6. The SMILES string of the molecule is CCCCCCSC1=NN2C(=c3ccccc3=N[C@H]2c2cc(OCC)c(OC)cc2Br)C(=O)N1. The van der Waals surface area contributed by atoms with Gasteiger partial charge in [0.2, 0.25) is 0 Å². The highest BCUT2D eigenvalue weighted by molar-refractivity contribution is 9.10. The van der Waals surface area contributed by atoms with Gasteiger partial charge in [0.05, 0.1) is 19.1 Å². The van der Waals surface area contributed by atoms with Gasteiger partial charge >= 0.3 is 0 Å². The minimum Gasteiger partial charge on any atom is -0.493 e. The number of ether oxygens (including phenoxy) is 2. The highest BCUT2D eigenvalue weighted by Crippen LogP contribution is 2.40. The summed E-state index contributed by atoms with van der Waals surface area (Å²) < 4.78 is 12.1. The number of fused-ring (bicyclic) bond motifs is 2. The second-order valence-electron chi connectivity index (χ2n) is 7.94. The van der Waals surface area contributed by atoms with E-state index in [0.717, 1.165) is 32.8 Å². The van der Waals surface area contributed by atoms with Gasteiger partial charge in [-0.05, 0) is 31.5 Å². The van der Waals surface area contributed by atoms with Crippen LogP contribution in [0.4, 0.5) is 0 Å². The van der Waals surface area contributed by atoms with Gasteiger partial charge in [-0.1, -0.05) is 72.1 Å². The van der Waals surface area contributed by atoms with E-state index in [-0.39, 0.29) is 5.91 Å². The van der Waals surface area contributed by atoms with Crippen molar-refractivity contribution in [3.63, 3.8) is 0 Å². The van der Waals surface area contributed by atoms with Crippen molar-refractivity contribution >= 4 is 44.5 Å². The number of nitrogens with zero attached hydrogens (tertiary/aromatic N) is 3. The first kappa shape index (κ1) is 24.6. The number of hydrogen-bond acceptors (Lipinski definition) is 7. The van der Waals surface area contributed by atoms with E-state index in [1.807, 2.05) is 43.3 Å². The maximum absolute atomic E-state index is 13.3. The Balaban J connectivity index is 1.77. The number of unbranched alkanes of at least 4 members (excludes halogenated alkanes) is 3. The minimum absolute atomic E-state index is 0.173. The van der Waals surface area contributed by atoms with Crippen molar-refractivity contribution in [1.29, 1.82) is 0 Å². The van der Waals surface area contributed by atoms with Gasteiger partial charge < -0.3 is 9.47 Å². The van der Waals surface area contributed by atoms with Crippen LogP contribution in [0.15, 0.2) is 51.0 Å². The maximum Gasteiger partial charge on any atom is 0.276 e. The summed E-state index contributed by atoms with van der Waals surface area (Å²) in [4.78, 5) is 18.3. The molecule has 1 amide bonds. The zero-order valence-electron chi connectivity index (χ0n) is 19.6. The van der Waals surface area contributed by atoms with E-state index in [1.165, 1.54) is 19.3 Å². The second-order valence-corrected chi connectivity index (χ2v) is 9.88. The van der Waals surface area contributed by atoms with Gasteiger partial charge in [-0.25, -0.2) is 5.01 Å². The number of rotatable bonds is 9. The topological polar surface area (TPSA) is 75.5 Å². The number of methoxy groups -OCH3 is 1. The molecule has 2 aliphatic heterocycles. The van der Waals surface area contributed by atoms with Crippen LogP contribution in [0.3, 0.4) is 0 Å². The van der Waals surface area contributed by atoms with Crippen molar-refractivity contribution in [2.45, 2.75) is 45.7 Å². The number of carbonyl (C=O) groups excluding carboxylic acids is 1. The van der Waals surface area contributed by atoms with Gasteiger partial charge in [0.1, 0.15) is 5.70 Å². The monoisotopic (exact) mass is 544 g/mol. The van der Waals surface area contributed by atoms with Gasteiger partial charge in [-0.15, -0.1) is 5.10 Å². The smallest absolute Gasteiger partial charge is 0.276 e. The van der Waals surface area contributed by atoms with Crippen LogP contribution >= 0.6 is 27.7 Å². The van der Waals surface area contributed by atoms with Gasteiger partial charge in [0.25, 0.3) is 5.91 Å². The molecule has 0 radical (unpaired) electrons. The van der Waals surface area contributed by atoms with Crippen molar-refractivity contribution in [2.24, 2.45) is 10.1 Å². The third-order valence-electron chi connectivity index (χ3n) is 5.61. The summed E-state index contributed by atoms with van der Waals surface area (Å²) in [5.41, 5.74) is 1.33. The van der Waals surface area contributed by atoms with E-state index in [0.29, 0.717) is 29.0 Å². The Labute approximate surface area is 212 Å². The lowest BCUT2D eigenvalue weighted by Gasteiger charge is -2.34. The summed E-state index contributed by atoms with van der Waals surface area (Å²) in [6.07, 6.45) is 4.14. The molecule has 2 aromatic rings. The Morgan fingerprint density at radius 1 is 1.15 bits per heavy atom. The molecule has 4 rings (SSSR count). The standard InChI is InChI=1S/C25H29BrN4O3S/c1-4-6-7-10-13-34-25-28-24(31)22-16-11-8-9-12-19(16)27-23(30(22)29-25)17-14-21(33-5-2)20(32-3)15-18(17)26/h8-9,11-12,14-15,23H,4-7,10,13H2,1-3H3,(H,28,29,31)/t23-/m1/s1. The molecule has 2 heterocycles. The number of carbonyl (C=O) groups is 1. The lowest BCUT2D eigenvalue weighted by atomic mass is 10.1. The van der Waals surface area contributed by atoms with Gasteiger partial charge in [-0.3, -0.25) is 15.1 Å². The van der Waals surface area contributed by atoms with Crippen LogP contribution < -0.4 is 25.4 Å². The second kappa shape index (κ2) is 11.3. The Kier molecular flexibility index (Phi) is 8.15. The molecule has 2 aliphatic rings. The molecule has 180 valence electrons. The Bertz CT molecular complexity index is 1220. The molecular formula is C25H29BrN4O3S. The quantitative estimate of drug-likeness (QED) is 0.476. The van der Waals surface area contributed by atoms with Gasteiger partial charge in [-0.2, -0.15) is 0 Å². The van der Waals surface area contributed by atoms with Gasteiger partial charge in [0.15, 0.2) is 22.8 Å². The third-order valence-corrected chi connectivity index (χ3v) is 7.25. The number of amidine groups is 1. The van der Waals surface area contributed by atoms with E-state index in [1.54, 1.807) is 23.9 Å². The molecule has 0 aliphatic carbocycles. The third kappa shape index (κ3) is 5.10. The van der Waals surface area contributed by atoms with E-state index in [4.69, 9.17) is 19.6 Å². The summed E-state index contributed by atoms with van der Waals surface area (Å²) in [7, 11) is 1.61. The maximum atomic E-state index is 13.3. The van der Waals surface area contributed by atoms with Crippen molar-refractivity contribution < 1.29 is 14.3 Å². The van der Waals surface area contributed by atoms with Crippen LogP contribution in [-0.4, -0.2) is 35.6 Å². The van der Waals surface area contributed by atoms with E-state index >= 15 is 0 Å². The fraction of sp³-hybridized carbons (Fsp3) is 0.400. The molecule has 0 saturated heterocycles. The number of hydrazone groups is 1. The number of nitrogens with one attached hydrogen (secondary N) is 1. The van der Waals surface area contributed by atoms with Crippen LogP contribution in [0.1, 0.15) is 51.3 Å². The first-order valence-corrected chi connectivity index (χ1v) is 13.3. The van der Waals surface area contributed by atoms with Crippen LogP contribution in [0, 0.1) is 0 Å². The number of hydrogen-bond donors (Lipinski definition) is 1. The van der Waals surface area contributed by atoms with Crippen LogP contribution in [0.2, 0.25) is 0 Å². The number of thioether (sulfide) groups is 1. The molecule has 0 aromatic heterocycles. The van der Waals surface area contributed by atoms with E-state index in [2.05, 4.69) is 28.2 Å². The Morgan fingerprint density at radius 3 is 2.74 bits per heavy atom.